The van der Waals surface area contributed by atoms with Gasteiger partial charge in [0.2, 0.25) is 0 Å². The van der Waals surface area contributed by atoms with Gasteiger partial charge in [0.15, 0.2) is 0 Å². The SMILES string of the molecule is CCc1ccc2ccccc2c1CN1C[C@@H](O)[C@H](n2ccnn2)C1. The molecule has 4 rings (SSSR count). The number of fused-ring (bicyclic) bond motifs is 1. The second kappa shape index (κ2) is 6.34. The van der Waals surface area contributed by atoms with Crippen LogP contribution in [0.3, 0.4) is 0 Å². The molecule has 2 aromatic carbocycles. The number of aliphatic hydroxyl groups is 1. The predicted octanol–water partition coefficient (Wildman–Crippen LogP) is 2.41. The minimum absolute atomic E-state index is 0.0208. The number of aromatic nitrogens is 3. The van der Waals surface area contributed by atoms with Gasteiger partial charge in [0, 0.05) is 25.8 Å². The van der Waals surface area contributed by atoms with Gasteiger partial charge in [-0.2, -0.15) is 0 Å². The van der Waals surface area contributed by atoms with Crippen LogP contribution >= 0.6 is 0 Å². The topological polar surface area (TPSA) is 54.2 Å². The molecule has 2 heterocycles. The van der Waals surface area contributed by atoms with E-state index in [0.717, 1.165) is 19.5 Å². The van der Waals surface area contributed by atoms with Crippen LogP contribution in [0.1, 0.15) is 24.1 Å². The van der Waals surface area contributed by atoms with Gasteiger partial charge in [-0.1, -0.05) is 48.5 Å². The van der Waals surface area contributed by atoms with Crippen molar-refractivity contribution in [2.75, 3.05) is 13.1 Å². The zero-order valence-corrected chi connectivity index (χ0v) is 13.8. The Bertz CT molecular complexity index is 831. The Morgan fingerprint density at radius 3 is 2.83 bits per heavy atom. The van der Waals surface area contributed by atoms with Crippen molar-refractivity contribution in [1.82, 2.24) is 19.9 Å². The van der Waals surface area contributed by atoms with Crippen molar-refractivity contribution in [2.45, 2.75) is 32.0 Å². The van der Waals surface area contributed by atoms with Crippen LogP contribution in [0.5, 0.6) is 0 Å². The Kier molecular flexibility index (Phi) is 4.04. The molecule has 0 radical (unpaired) electrons. The van der Waals surface area contributed by atoms with E-state index in [1.807, 2.05) is 6.20 Å². The van der Waals surface area contributed by atoms with Crippen LogP contribution in [0.4, 0.5) is 0 Å². The average Bonchev–Trinajstić information content (AvgIpc) is 3.24. The van der Waals surface area contributed by atoms with Gasteiger partial charge in [0.1, 0.15) is 0 Å². The molecular weight excluding hydrogens is 300 g/mol. The second-order valence-electron chi connectivity index (χ2n) is 6.49. The minimum Gasteiger partial charge on any atom is -0.390 e. The fraction of sp³-hybridized carbons (Fsp3) is 0.368. The monoisotopic (exact) mass is 322 g/mol. The van der Waals surface area contributed by atoms with Crippen molar-refractivity contribution in [3.8, 4) is 0 Å². The number of aliphatic hydroxyl groups excluding tert-OH is 1. The van der Waals surface area contributed by atoms with Crippen molar-refractivity contribution < 1.29 is 5.11 Å². The van der Waals surface area contributed by atoms with Gasteiger partial charge >= 0.3 is 0 Å². The highest BCUT2D eigenvalue weighted by atomic mass is 16.3. The summed E-state index contributed by atoms with van der Waals surface area (Å²) in [5.74, 6) is 0. The minimum atomic E-state index is -0.410. The van der Waals surface area contributed by atoms with E-state index >= 15 is 0 Å². The third-order valence-corrected chi connectivity index (χ3v) is 5.02. The van der Waals surface area contributed by atoms with Crippen LogP contribution in [0, 0.1) is 0 Å². The lowest BCUT2D eigenvalue weighted by Gasteiger charge is -2.19. The Morgan fingerprint density at radius 1 is 1.17 bits per heavy atom. The highest BCUT2D eigenvalue weighted by Gasteiger charge is 2.33. The van der Waals surface area contributed by atoms with Crippen LogP contribution in [0.15, 0.2) is 48.8 Å². The summed E-state index contributed by atoms with van der Waals surface area (Å²) in [6, 6.07) is 13.0. The van der Waals surface area contributed by atoms with E-state index in [1.165, 1.54) is 21.9 Å². The third kappa shape index (κ3) is 2.70. The molecule has 0 spiro atoms. The van der Waals surface area contributed by atoms with Crippen molar-refractivity contribution in [3.05, 3.63) is 59.9 Å². The van der Waals surface area contributed by atoms with Crippen molar-refractivity contribution in [2.24, 2.45) is 0 Å². The number of β-amino-alcohol motifs (C(OH)–C–C–N with tert-alkyl or cyclic N) is 1. The zero-order valence-electron chi connectivity index (χ0n) is 13.8. The van der Waals surface area contributed by atoms with E-state index in [-0.39, 0.29) is 6.04 Å². The summed E-state index contributed by atoms with van der Waals surface area (Å²) in [7, 11) is 0. The molecule has 0 unspecified atom stereocenters. The largest absolute Gasteiger partial charge is 0.390 e. The number of hydrogen-bond acceptors (Lipinski definition) is 4. The van der Waals surface area contributed by atoms with Gasteiger partial charge < -0.3 is 5.11 Å². The fourth-order valence-corrected chi connectivity index (χ4v) is 3.75. The highest BCUT2D eigenvalue weighted by Crippen LogP contribution is 2.28. The fourth-order valence-electron chi connectivity index (χ4n) is 3.75. The molecule has 1 aromatic heterocycles. The lowest BCUT2D eigenvalue weighted by molar-refractivity contribution is 0.138. The summed E-state index contributed by atoms with van der Waals surface area (Å²) in [6.45, 7) is 4.51. The van der Waals surface area contributed by atoms with Crippen LogP contribution in [-0.4, -0.2) is 44.2 Å². The first-order valence-electron chi connectivity index (χ1n) is 8.52. The molecule has 0 aliphatic carbocycles. The molecule has 1 fully saturated rings. The number of rotatable bonds is 4. The summed E-state index contributed by atoms with van der Waals surface area (Å²) in [5, 5.41) is 20.9. The highest BCUT2D eigenvalue weighted by molar-refractivity contribution is 5.86. The van der Waals surface area contributed by atoms with E-state index in [9.17, 15) is 5.11 Å². The van der Waals surface area contributed by atoms with Crippen LogP contribution in [0.2, 0.25) is 0 Å². The molecule has 124 valence electrons. The summed E-state index contributed by atoms with van der Waals surface area (Å²) in [5.41, 5.74) is 2.76. The maximum absolute atomic E-state index is 10.4. The molecule has 1 saturated heterocycles. The van der Waals surface area contributed by atoms with Crippen molar-refractivity contribution >= 4 is 10.8 Å². The van der Waals surface area contributed by atoms with Gasteiger partial charge in [-0.05, 0) is 28.3 Å². The Morgan fingerprint density at radius 2 is 2.04 bits per heavy atom. The number of nitrogens with zero attached hydrogens (tertiary/aromatic N) is 4. The Labute approximate surface area is 141 Å². The van der Waals surface area contributed by atoms with Gasteiger partial charge in [0.05, 0.1) is 18.3 Å². The molecule has 2 atom stereocenters. The summed E-state index contributed by atoms with van der Waals surface area (Å²) < 4.78 is 1.77. The molecule has 1 N–H and O–H groups in total. The second-order valence-corrected chi connectivity index (χ2v) is 6.49. The predicted molar refractivity (Wildman–Crippen MR) is 93.7 cm³/mol. The van der Waals surface area contributed by atoms with Crippen LogP contribution < -0.4 is 0 Å². The number of hydrogen-bond donors (Lipinski definition) is 1. The zero-order chi connectivity index (χ0) is 16.5. The van der Waals surface area contributed by atoms with Gasteiger partial charge in [-0.25, -0.2) is 4.68 Å². The molecule has 0 bridgehead atoms. The van der Waals surface area contributed by atoms with Gasteiger partial charge in [-0.15, -0.1) is 5.10 Å². The quantitative estimate of drug-likeness (QED) is 0.801. The summed E-state index contributed by atoms with van der Waals surface area (Å²) in [6.07, 6.45) is 4.09. The number of benzene rings is 2. The first-order valence-corrected chi connectivity index (χ1v) is 8.52. The van der Waals surface area contributed by atoms with E-state index in [0.29, 0.717) is 6.54 Å². The van der Waals surface area contributed by atoms with E-state index < -0.39 is 6.10 Å². The molecule has 0 saturated carbocycles. The molecule has 24 heavy (non-hydrogen) atoms. The van der Waals surface area contributed by atoms with Crippen molar-refractivity contribution in [3.63, 3.8) is 0 Å². The molecule has 5 nitrogen and oxygen atoms in total. The molecular formula is C19H22N4O. The maximum Gasteiger partial charge on any atom is 0.0935 e. The maximum atomic E-state index is 10.4. The normalized spacial score (nSPS) is 21.6. The van der Waals surface area contributed by atoms with Crippen LogP contribution in [0.25, 0.3) is 10.8 Å². The Balaban J connectivity index is 1.63. The molecule has 0 amide bonds. The number of likely N-dealkylation sites (tertiary alicyclic amines) is 1. The lowest BCUT2D eigenvalue weighted by atomic mass is 9.97. The smallest absolute Gasteiger partial charge is 0.0935 e. The molecule has 5 heteroatoms. The average molecular weight is 322 g/mol. The standard InChI is InChI=1S/C19H22N4O/c1-2-14-7-8-15-5-3-4-6-16(15)17(14)11-22-12-18(19(24)13-22)23-10-9-20-21-23/h3-10,18-19,24H,2,11-13H2,1H3/t18-,19-/m1/s1. The third-order valence-electron chi connectivity index (χ3n) is 5.02. The Hall–Kier alpha value is -2.24. The van der Waals surface area contributed by atoms with Gasteiger partial charge in [-0.3, -0.25) is 4.90 Å². The number of aryl methyl sites for hydroxylation is 1. The first-order chi connectivity index (χ1) is 11.8. The lowest BCUT2D eigenvalue weighted by Crippen LogP contribution is -2.22. The van der Waals surface area contributed by atoms with Crippen molar-refractivity contribution in [1.29, 1.82) is 0 Å². The summed E-state index contributed by atoms with van der Waals surface area (Å²) in [4.78, 5) is 2.32. The van der Waals surface area contributed by atoms with Crippen LogP contribution in [-0.2, 0) is 13.0 Å². The summed E-state index contributed by atoms with van der Waals surface area (Å²) >= 11 is 0. The van der Waals surface area contributed by atoms with Gasteiger partial charge in [0.25, 0.3) is 0 Å². The molecule has 1 aliphatic heterocycles. The molecule has 1 aliphatic rings. The van der Waals surface area contributed by atoms with E-state index in [2.05, 4.69) is 58.5 Å². The molecule has 3 aromatic rings. The van der Waals surface area contributed by atoms with E-state index in [1.54, 1.807) is 10.9 Å². The first kappa shape index (κ1) is 15.3. The van der Waals surface area contributed by atoms with E-state index in [4.69, 9.17) is 0 Å².